The first-order valence-corrected chi connectivity index (χ1v) is 8.78. The Morgan fingerprint density at radius 2 is 1.58 bits per heavy atom. The number of nitrogens with zero attached hydrogens (tertiary/aromatic N) is 2. The van der Waals surface area contributed by atoms with E-state index in [4.69, 9.17) is 14.2 Å². The lowest BCUT2D eigenvalue weighted by Gasteiger charge is -2.38. The predicted octanol–water partition coefficient (Wildman–Crippen LogP) is 2.28. The summed E-state index contributed by atoms with van der Waals surface area (Å²) in [5, 5.41) is 0. The van der Waals surface area contributed by atoms with Gasteiger partial charge in [-0.2, -0.15) is 0 Å². The predicted molar refractivity (Wildman–Crippen MR) is 97.7 cm³/mol. The van der Waals surface area contributed by atoms with Crippen LogP contribution in [0.3, 0.4) is 0 Å². The summed E-state index contributed by atoms with van der Waals surface area (Å²) in [5.41, 5.74) is 0.138. The maximum absolute atomic E-state index is 13.1. The summed E-state index contributed by atoms with van der Waals surface area (Å²) in [6.45, 7) is 7.87. The van der Waals surface area contributed by atoms with E-state index >= 15 is 0 Å². The molecule has 2 amide bonds. The molecule has 144 valence electrons. The highest BCUT2D eigenvalue weighted by Crippen LogP contribution is 2.34. The third-order valence-corrected chi connectivity index (χ3v) is 4.73. The van der Waals surface area contributed by atoms with Crippen molar-refractivity contribution in [2.24, 2.45) is 0 Å². The first-order valence-electron chi connectivity index (χ1n) is 8.78. The Morgan fingerprint density at radius 3 is 2.12 bits per heavy atom. The normalized spacial score (nSPS) is 14.8. The summed E-state index contributed by atoms with van der Waals surface area (Å²) in [7, 11) is 3.15. The van der Waals surface area contributed by atoms with Gasteiger partial charge in [-0.25, -0.2) is 4.79 Å². The number of amides is 2. The van der Waals surface area contributed by atoms with Crippen molar-refractivity contribution < 1.29 is 23.8 Å². The van der Waals surface area contributed by atoms with Crippen LogP contribution < -0.4 is 9.47 Å². The quantitative estimate of drug-likeness (QED) is 0.802. The maximum atomic E-state index is 13.1. The Balaban J connectivity index is 2.10. The van der Waals surface area contributed by atoms with Crippen molar-refractivity contribution in [3.63, 3.8) is 0 Å². The van der Waals surface area contributed by atoms with Crippen LogP contribution in [0.4, 0.5) is 4.79 Å². The Hall–Kier alpha value is -2.44. The summed E-state index contributed by atoms with van der Waals surface area (Å²) in [6, 6.07) is 5.53. The largest absolute Gasteiger partial charge is 0.493 e. The summed E-state index contributed by atoms with van der Waals surface area (Å²) in [5.74, 6) is 1.24. The number of carbonyl (C=O) groups excluding carboxylic acids is 2. The van der Waals surface area contributed by atoms with Crippen LogP contribution in [-0.2, 0) is 14.9 Å². The van der Waals surface area contributed by atoms with Crippen LogP contribution in [-0.4, -0.2) is 68.8 Å². The molecule has 0 N–H and O–H groups in total. The van der Waals surface area contributed by atoms with Gasteiger partial charge in [0.05, 0.1) is 26.2 Å². The van der Waals surface area contributed by atoms with E-state index in [0.29, 0.717) is 44.3 Å². The van der Waals surface area contributed by atoms with Crippen molar-refractivity contribution in [3.8, 4) is 11.5 Å². The minimum atomic E-state index is -0.717. The van der Waals surface area contributed by atoms with E-state index in [-0.39, 0.29) is 12.0 Å². The minimum Gasteiger partial charge on any atom is -0.493 e. The van der Waals surface area contributed by atoms with Gasteiger partial charge in [0.15, 0.2) is 11.5 Å². The molecule has 0 aromatic heterocycles. The summed E-state index contributed by atoms with van der Waals surface area (Å²) < 4.78 is 15.6. The topological polar surface area (TPSA) is 68.3 Å². The van der Waals surface area contributed by atoms with Crippen molar-refractivity contribution in [2.75, 3.05) is 47.0 Å². The van der Waals surface area contributed by atoms with Gasteiger partial charge in [0.25, 0.3) is 0 Å². The van der Waals surface area contributed by atoms with Crippen LogP contribution in [0.1, 0.15) is 26.3 Å². The molecule has 7 heteroatoms. The summed E-state index contributed by atoms with van der Waals surface area (Å²) in [6.07, 6.45) is -0.321. The van der Waals surface area contributed by atoms with Gasteiger partial charge in [-0.3, -0.25) is 4.79 Å². The first-order chi connectivity index (χ1) is 12.3. The maximum Gasteiger partial charge on any atom is 0.409 e. The van der Waals surface area contributed by atoms with Crippen molar-refractivity contribution in [3.05, 3.63) is 23.8 Å². The average molecular weight is 364 g/mol. The van der Waals surface area contributed by atoms with Gasteiger partial charge in [-0.15, -0.1) is 0 Å². The number of hydrogen-bond acceptors (Lipinski definition) is 5. The Morgan fingerprint density at radius 1 is 1.00 bits per heavy atom. The zero-order valence-electron chi connectivity index (χ0n) is 16.2. The minimum absolute atomic E-state index is 0.0215. The molecule has 1 heterocycles. The van der Waals surface area contributed by atoms with Crippen LogP contribution >= 0.6 is 0 Å². The molecule has 0 aliphatic carbocycles. The molecule has 1 aromatic carbocycles. The summed E-state index contributed by atoms with van der Waals surface area (Å²) in [4.78, 5) is 28.3. The van der Waals surface area contributed by atoms with Crippen LogP contribution in [0.15, 0.2) is 18.2 Å². The van der Waals surface area contributed by atoms with E-state index < -0.39 is 5.41 Å². The number of hydrogen-bond donors (Lipinski definition) is 0. The van der Waals surface area contributed by atoms with Gasteiger partial charge >= 0.3 is 6.09 Å². The molecule has 1 aliphatic heterocycles. The highest BCUT2D eigenvalue weighted by atomic mass is 16.6. The van der Waals surface area contributed by atoms with Gasteiger partial charge in [0, 0.05) is 26.2 Å². The number of methoxy groups -OCH3 is 2. The van der Waals surface area contributed by atoms with Gasteiger partial charge < -0.3 is 24.0 Å². The lowest BCUT2D eigenvalue weighted by atomic mass is 9.82. The van der Waals surface area contributed by atoms with Crippen molar-refractivity contribution >= 4 is 12.0 Å². The molecule has 0 saturated carbocycles. The second kappa shape index (κ2) is 8.29. The van der Waals surface area contributed by atoms with Crippen LogP contribution in [0, 0.1) is 0 Å². The van der Waals surface area contributed by atoms with Crippen LogP contribution in [0.5, 0.6) is 11.5 Å². The van der Waals surface area contributed by atoms with E-state index in [1.54, 1.807) is 30.9 Å². The molecule has 0 atom stereocenters. The van der Waals surface area contributed by atoms with E-state index in [9.17, 15) is 9.59 Å². The zero-order valence-corrected chi connectivity index (χ0v) is 16.2. The Bertz CT molecular complexity index is 651. The fraction of sp³-hybridized carbons (Fsp3) is 0.579. The van der Waals surface area contributed by atoms with Crippen molar-refractivity contribution in [1.29, 1.82) is 0 Å². The second-order valence-electron chi connectivity index (χ2n) is 6.67. The molecular weight excluding hydrogens is 336 g/mol. The molecule has 0 bridgehead atoms. The van der Waals surface area contributed by atoms with E-state index in [1.807, 2.05) is 32.0 Å². The smallest absolute Gasteiger partial charge is 0.409 e. The molecule has 0 radical (unpaired) electrons. The lowest BCUT2D eigenvalue weighted by Crippen LogP contribution is -2.54. The number of rotatable bonds is 5. The van der Waals surface area contributed by atoms with Crippen molar-refractivity contribution in [1.82, 2.24) is 9.80 Å². The second-order valence-corrected chi connectivity index (χ2v) is 6.67. The lowest BCUT2D eigenvalue weighted by molar-refractivity contribution is -0.137. The van der Waals surface area contributed by atoms with E-state index in [0.717, 1.165) is 5.56 Å². The van der Waals surface area contributed by atoms with Gasteiger partial charge in [0.2, 0.25) is 5.91 Å². The monoisotopic (exact) mass is 364 g/mol. The molecule has 2 rings (SSSR count). The Kier molecular flexibility index (Phi) is 6.34. The molecule has 0 spiro atoms. The molecule has 1 fully saturated rings. The fourth-order valence-electron chi connectivity index (χ4n) is 3.05. The molecule has 1 aromatic rings. The average Bonchev–Trinajstić information content (AvgIpc) is 2.67. The van der Waals surface area contributed by atoms with E-state index in [1.165, 1.54) is 0 Å². The number of benzene rings is 1. The highest BCUT2D eigenvalue weighted by Gasteiger charge is 2.36. The molecule has 26 heavy (non-hydrogen) atoms. The number of ether oxygens (including phenoxy) is 3. The zero-order chi connectivity index (χ0) is 19.3. The number of piperazine rings is 1. The van der Waals surface area contributed by atoms with Crippen molar-refractivity contribution in [2.45, 2.75) is 26.2 Å². The van der Waals surface area contributed by atoms with E-state index in [2.05, 4.69) is 0 Å². The standard InChI is InChI=1S/C19H28N2O5/c1-6-26-18(23)21-11-9-20(10-12-21)17(22)19(2,3)14-7-8-15(24-4)16(13-14)25-5/h7-8,13H,6,9-12H2,1-5H3. The summed E-state index contributed by atoms with van der Waals surface area (Å²) >= 11 is 0. The molecule has 0 unspecified atom stereocenters. The SMILES string of the molecule is CCOC(=O)N1CCN(C(=O)C(C)(C)c2ccc(OC)c(OC)c2)CC1. The fourth-order valence-corrected chi connectivity index (χ4v) is 3.05. The third kappa shape index (κ3) is 4.03. The number of carbonyl (C=O) groups is 2. The molecule has 7 nitrogen and oxygen atoms in total. The Labute approximate surface area is 154 Å². The van der Waals surface area contributed by atoms with Gasteiger partial charge in [-0.05, 0) is 38.5 Å². The third-order valence-electron chi connectivity index (χ3n) is 4.73. The molecule has 1 aliphatic rings. The highest BCUT2D eigenvalue weighted by molar-refractivity contribution is 5.88. The van der Waals surface area contributed by atoms with Gasteiger partial charge in [-0.1, -0.05) is 6.07 Å². The van der Waals surface area contributed by atoms with Crippen LogP contribution in [0.2, 0.25) is 0 Å². The van der Waals surface area contributed by atoms with Gasteiger partial charge in [0.1, 0.15) is 0 Å². The van der Waals surface area contributed by atoms with Crippen LogP contribution in [0.25, 0.3) is 0 Å². The first kappa shape index (κ1) is 19.9. The molecule has 1 saturated heterocycles. The molecular formula is C19H28N2O5.